The van der Waals surface area contributed by atoms with E-state index in [0.717, 1.165) is 17.2 Å². The minimum absolute atomic E-state index is 0.0821. The summed E-state index contributed by atoms with van der Waals surface area (Å²) in [4.78, 5) is 24.7. The van der Waals surface area contributed by atoms with Crippen molar-refractivity contribution in [3.8, 4) is 11.3 Å². The van der Waals surface area contributed by atoms with E-state index in [2.05, 4.69) is 5.32 Å². The maximum absolute atomic E-state index is 14.2. The van der Waals surface area contributed by atoms with E-state index in [-0.39, 0.29) is 11.1 Å². The normalized spacial score (nSPS) is 12.0. The molecule has 1 atom stereocenters. The van der Waals surface area contributed by atoms with Crippen LogP contribution in [0.5, 0.6) is 0 Å². The molecule has 0 radical (unpaired) electrons. The van der Waals surface area contributed by atoms with Gasteiger partial charge in [-0.25, -0.2) is 13.6 Å². The summed E-state index contributed by atoms with van der Waals surface area (Å²) in [7, 11) is 0. The fraction of sp³-hybridized carbons (Fsp3) is 0.154. The predicted octanol–water partition coefficient (Wildman–Crippen LogP) is 6.23. The zero-order valence-corrected chi connectivity index (χ0v) is 18.2. The van der Waals surface area contributed by atoms with Gasteiger partial charge in [-0.15, -0.1) is 0 Å². The fourth-order valence-electron chi connectivity index (χ4n) is 3.95. The molecule has 0 aliphatic carbocycles. The summed E-state index contributed by atoms with van der Waals surface area (Å²) in [6, 6.07) is 14.2. The van der Waals surface area contributed by atoms with Crippen molar-refractivity contribution in [2.45, 2.75) is 26.8 Å². The van der Waals surface area contributed by atoms with E-state index in [1.54, 1.807) is 19.9 Å². The Morgan fingerprint density at radius 1 is 1.06 bits per heavy atom. The first-order valence-corrected chi connectivity index (χ1v) is 10.3. The van der Waals surface area contributed by atoms with E-state index in [4.69, 9.17) is 4.42 Å². The molecule has 3 aromatic carbocycles. The molecule has 2 N–H and O–H groups in total. The Morgan fingerprint density at radius 2 is 1.76 bits per heavy atom. The number of benzene rings is 3. The lowest BCUT2D eigenvalue weighted by Gasteiger charge is -2.20. The van der Waals surface area contributed by atoms with Gasteiger partial charge in [0, 0.05) is 16.7 Å². The van der Waals surface area contributed by atoms with Gasteiger partial charge in [0.05, 0.1) is 17.1 Å². The van der Waals surface area contributed by atoms with E-state index in [9.17, 15) is 23.5 Å². The predicted molar refractivity (Wildman–Crippen MR) is 123 cm³/mol. The lowest BCUT2D eigenvalue weighted by atomic mass is 9.98. The van der Waals surface area contributed by atoms with E-state index in [0.29, 0.717) is 27.9 Å². The van der Waals surface area contributed by atoms with Crippen LogP contribution < -0.4 is 10.7 Å². The van der Waals surface area contributed by atoms with Crippen LogP contribution in [0.4, 0.5) is 14.5 Å². The van der Waals surface area contributed by atoms with Crippen LogP contribution in [0.1, 0.15) is 40.0 Å². The number of fused-ring (bicyclic) bond motifs is 1. The van der Waals surface area contributed by atoms with Crippen LogP contribution in [0.3, 0.4) is 0 Å². The van der Waals surface area contributed by atoms with Gasteiger partial charge in [0.15, 0.2) is 17.1 Å². The molecule has 33 heavy (non-hydrogen) atoms. The maximum Gasteiger partial charge on any atom is 0.340 e. The molecule has 0 bridgehead atoms. The van der Waals surface area contributed by atoms with Crippen molar-refractivity contribution in [2.24, 2.45) is 0 Å². The summed E-state index contributed by atoms with van der Waals surface area (Å²) >= 11 is 0. The molecule has 4 rings (SSSR count). The van der Waals surface area contributed by atoms with Gasteiger partial charge in [-0.1, -0.05) is 36.4 Å². The van der Waals surface area contributed by atoms with Gasteiger partial charge in [-0.05, 0) is 44.5 Å². The first kappa shape index (κ1) is 22.2. The number of rotatable bonds is 5. The molecule has 0 aliphatic rings. The summed E-state index contributed by atoms with van der Waals surface area (Å²) < 4.78 is 34.0. The van der Waals surface area contributed by atoms with Gasteiger partial charge >= 0.3 is 5.97 Å². The molecule has 0 amide bonds. The molecule has 4 aromatic rings. The van der Waals surface area contributed by atoms with Crippen molar-refractivity contribution in [3.05, 3.63) is 98.7 Å². The van der Waals surface area contributed by atoms with Gasteiger partial charge < -0.3 is 14.8 Å². The third-order valence-corrected chi connectivity index (χ3v) is 5.58. The summed E-state index contributed by atoms with van der Waals surface area (Å²) in [5.41, 5.74) is 1.90. The van der Waals surface area contributed by atoms with Crippen LogP contribution in [0.15, 0.2) is 63.8 Å². The SMILES string of the molecule is Cc1cc([C@@H](C)Nc2ccc(F)c(F)c2C(=O)O)c2oc(-c3ccccc3)c(C)c(=O)c2c1. The number of aryl methyl sites for hydroxylation is 1. The van der Waals surface area contributed by atoms with Crippen molar-refractivity contribution in [2.75, 3.05) is 5.32 Å². The second-order valence-electron chi connectivity index (χ2n) is 7.94. The van der Waals surface area contributed by atoms with Gasteiger partial charge in [-0.3, -0.25) is 4.79 Å². The first-order chi connectivity index (χ1) is 15.7. The number of carboxylic acid groups (broad SMARTS) is 1. The highest BCUT2D eigenvalue weighted by Crippen LogP contribution is 2.33. The molecule has 5 nitrogen and oxygen atoms in total. The smallest absolute Gasteiger partial charge is 0.340 e. The van der Waals surface area contributed by atoms with Crippen LogP contribution in [0, 0.1) is 25.5 Å². The Morgan fingerprint density at radius 3 is 2.42 bits per heavy atom. The molecule has 0 fully saturated rings. The molecule has 168 valence electrons. The molecule has 0 saturated carbocycles. The molecule has 7 heteroatoms. The largest absolute Gasteiger partial charge is 0.478 e. The van der Waals surface area contributed by atoms with Crippen molar-refractivity contribution in [1.29, 1.82) is 0 Å². The Balaban J connectivity index is 1.90. The van der Waals surface area contributed by atoms with E-state index >= 15 is 0 Å². The highest BCUT2D eigenvalue weighted by molar-refractivity contribution is 5.95. The Bertz CT molecular complexity index is 1440. The zero-order valence-electron chi connectivity index (χ0n) is 18.2. The topological polar surface area (TPSA) is 79.5 Å². The third kappa shape index (κ3) is 3.98. The van der Waals surface area contributed by atoms with E-state index in [1.165, 1.54) is 6.07 Å². The molecule has 0 unspecified atom stereocenters. The Kier molecular flexibility index (Phi) is 5.72. The third-order valence-electron chi connectivity index (χ3n) is 5.58. The van der Waals surface area contributed by atoms with Crippen molar-refractivity contribution < 1.29 is 23.1 Å². The highest BCUT2D eigenvalue weighted by atomic mass is 19.2. The van der Waals surface area contributed by atoms with Crippen molar-refractivity contribution >= 4 is 22.6 Å². The summed E-state index contributed by atoms with van der Waals surface area (Å²) in [6.07, 6.45) is 0. The minimum atomic E-state index is -1.59. The van der Waals surface area contributed by atoms with E-state index < -0.39 is 29.2 Å². The molecule has 0 aliphatic heterocycles. The first-order valence-electron chi connectivity index (χ1n) is 10.3. The number of carbonyl (C=O) groups is 1. The monoisotopic (exact) mass is 449 g/mol. The lowest BCUT2D eigenvalue weighted by Crippen LogP contribution is -2.15. The quantitative estimate of drug-likeness (QED) is 0.378. The highest BCUT2D eigenvalue weighted by Gasteiger charge is 2.23. The number of hydrogen-bond donors (Lipinski definition) is 2. The fourth-order valence-corrected chi connectivity index (χ4v) is 3.95. The van der Waals surface area contributed by atoms with Crippen molar-refractivity contribution in [3.63, 3.8) is 0 Å². The molecule has 0 spiro atoms. The Labute approximate surface area is 188 Å². The molecular weight excluding hydrogens is 428 g/mol. The number of aromatic carboxylic acids is 1. The van der Waals surface area contributed by atoms with E-state index in [1.807, 2.05) is 43.3 Å². The Hall–Kier alpha value is -4.00. The van der Waals surface area contributed by atoms with Crippen LogP contribution in [-0.4, -0.2) is 11.1 Å². The molecular formula is C26H21F2NO4. The van der Waals surface area contributed by atoms with Crippen molar-refractivity contribution in [1.82, 2.24) is 0 Å². The number of hydrogen-bond acceptors (Lipinski definition) is 4. The minimum Gasteiger partial charge on any atom is -0.478 e. The van der Waals surface area contributed by atoms with Gasteiger partial charge in [-0.2, -0.15) is 0 Å². The summed E-state index contributed by atoms with van der Waals surface area (Å²) in [6.45, 7) is 5.26. The molecule has 0 saturated heterocycles. The molecule has 1 heterocycles. The average Bonchev–Trinajstić information content (AvgIpc) is 2.79. The summed E-state index contributed by atoms with van der Waals surface area (Å²) in [5.74, 6) is -3.85. The van der Waals surface area contributed by atoms with Crippen LogP contribution in [0.25, 0.3) is 22.3 Å². The second kappa shape index (κ2) is 8.50. The molecule has 1 aromatic heterocycles. The number of halogens is 2. The average molecular weight is 449 g/mol. The van der Waals surface area contributed by atoms with Gasteiger partial charge in [0.1, 0.15) is 16.9 Å². The van der Waals surface area contributed by atoms with Crippen LogP contribution in [0.2, 0.25) is 0 Å². The van der Waals surface area contributed by atoms with Crippen LogP contribution >= 0.6 is 0 Å². The standard InChI is InChI=1S/C26H21F2NO4/c1-13-11-17(15(3)29-20-10-9-19(27)22(28)21(20)26(31)32)25-18(12-13)23(30)14(2)24(33-25)16-7-5-4-6-8-16/h4-12,15,29H,1-3H3,(H,31,32)/t15-/m1/s1. The maximum atomic E-state index is 14.2. The van der Waals surface area contributed by atoms with Gasteiger partial charge in [0.2, 0.25) is 0 Å². The zero-order chi connectivity index (χ0) is 23.9. The van der Waals surface area contributed by atoms with Crippen LogP contribution in [-0.2, 0) is 0 Å². The number of anilines is 1. The summed E-state index contributed by atoms with van der Waals surface area (Å²) in [5, 5.41) is 12.7. The number of nitrogens with one attached hydrogen (secondary N) is 1. The number of carboxylic acids is 1. The second-order valence-corrected chi connectivity index (χ2v) is 7.94. The van der Waals surface area contributed by atoms with Gasteiger partial charge in [0.25, 0.3) is 0 Å². The lowest BCUT2D eigenvalue weighted by molar-refractivity contribution is 0.0691.